The minimum Gasteiger partial charge on any atom is -0.411 e. The summed E-state index contributed by atoms with van der Waals surface area (Å²) in [6, 6.07) is 14.1. The predicted molar refractivity (Wildman–Crippen MR) is 125 cm³/mol. The van der Waals surface area contributed by atoms with Crippen LogP contribution in [0.1, 0.15) is 5.69 Å². The van der Waals surface area contributed by atoms with E-state index in [1.807, 2.05) is 30.3 Å². The average Bonchev–Trinajstić information content (AvgIpc) is 3.32. The van der Waals surface area contributed by atoms with Gasteiger partial charge in [0.15, 0.2) is 0 Å². The van der Waals surface area contributed by atoms with E-state index in [4.69, 9.17) is 27.6 Å². The van der Waals surface area contributed by atoms with Gasteiger partial charge in [0.2, 0.25) is 11.8 Å². The van der Waals surface area contributed by atoms with Crippen molar-refractivity contribution in [3.05, 3.63) is 74.6 Å². The number of hydrogen-bond donors (Lipinski definition) is 1. The van der Waals surface area contributed by atoms with Crippen molar-refractivity contribution in [1.82, 2.24) is 19.6 Å². The maximum atomic E-state index is 12.9. The molecule has 4 rings (SSSR count). The zero-order chi connectivity index (χ0) is 22.8. The topological polar surface area (TPSA) is 95.0 Å². The number of carbonyl (C=O) groups excluding carboxylic acids is 1. The summed E-state index contributed by atoms with van der Waals surface area (Å²) in [6.45, 7) is 1.77. The molecule has 164 valence electrons. The van der Waals surface area contributed by atoms with E-state index in [1.54, 1.807) is 36.9 Å². The number of thioether (sulfide) groups is 1. The minimum atomic E-state index is -0.370. The molecule has 0 radical (unpaired) electrons. The molecule has 0 bridgehead atoms. The number of benzene rings is 2. The van der Waals surface area contributed by atoms with Gasteiger partial charge in [-0.25, -0.2) is 4.68 Å². The van der Waals surface area contributed by atoms with E-state index in [1.165, 1.54) is 4.68 Å². The van der Waals surface area contributed by atoms with Gasteiger partial charge in [-0.15, -0.1) is 10.2 Å². The molecule has 2 aromatic carbocycles. The molecule has 0 spiro atoms. The summed E-state index contributed by atoms with van der Waals surface area (Å²) in [4.78, 5) is 25.4. The first-order chi connectivity index (χ1) is 15.3. The van der Waals surface area contributed by atoms with E-state index >= 15 is 0 Å². The minimum absolute atomic E-state index is 0.0188. The summed E-state index contributed by atoms with van der Waals surface area (Å²) < 4.78 is 8.78. The lowest BCUT2D eigenvalue weighted by molar-refractivity contribution is -0.113. The van der Waals surface area contributed by atoms with E-state index in [9.17, 15) is 9.59 Å². The Morgan fingerprint density at radius 1 is 1.16 bits per heavy atom. The molecule has 32 heavy (non-hydrogen) atoms. The first-order valence-electron chi connectivity index (χ1n) is 9.40. The Labute approximate surface area is 197 Å². The summed E-state index contributed by atoms with van der Waals surface area (Å²) in [5, 5.41) is 11.7. The standard InChI is InChI=1S/C21H17Cl2N5O3S/c1-12-18(20(30)28(27(12)2)14-6-4-3-5-7-14)24-17(29)11-32-21-26-25-19(31-21)15-9-8-13(22)10-16(15)23/h3-10H,11H2,1-2H3,(H,24,29). The number of halogens is 2. The SMILES string of the molecule is Cc1c(NC(=O)CSc2nnc(-c3ccc(Cl)cc3Cl)o2)c(=O)n(-c2ccccc2)n1C. The monoisotopic (exact) mass is 489 g/mol. The number of anilines is 1. The largest absolute Gasteiger partial charge is 0.411 e. The molecule has 8 nitrogen and oxygen atoms in total. The molecule has 4 aromatic rings. The third kappa shape index (κ3) is 4.45. The molecule has 0 unspecified atom stereocenters. The third-order valence-corrected chi connectivity index (χ3v) is 6.08. The molecule has 0 aliphatic carbocycles. The summed E-state index contributed by atoms with van der Waals surface area (Å²) in [5.74, 6) is -0.167. The highest BCUT2D eigenvalue weighted by Gasteiger charge is 2.19. The lowest BCUT2D eigenvalue weighted by Crippen LogP contribution is -2.23. The molecular weight excluding hydrogens is 473 g/mol. The van der Waals surface area contributed by atoms with Gasteiger partial charge < -0.3 is 9.73 Å². The van der Waals surface area contributed by atoms with Crippen LogP contribution >= 0.6 is 35.0 Å². The Morgan fingerprint density at radius 2 is 1.91 bits per heavy atom. The van der Waals surface area contributed by atoms with Crippen LogP contribution in [-0.4, -0.2) is 31.2 Å². The molecule has 0 saturated heterocycles. The molecule has 0 saturated carbocycles. The predicted octanol–water partition coefficient (Wildman–Crippen LogP) is 4.57. The van der Waals surface area contributed by atoms with Crippen molar-refractivity contribution in [3.8, 4) is 17.1 Å². The summed E-state index contributed by atoms with van der Waals surface area (Å²) >= 11 is 13.1. The van der Waals surface area contributed by atoms with E-state index in [2.05, 4.69) is 15.5 Å². The van der Waals surface area contributed by atoms with Crippen molar-refractivity contribution in [2.24, 2.45) is 7.05 Å². The second kappa shape index (κ2) is 9.23. The van der Waals surface area contributed by atoms with E-state index in [0.717, 1.165) is 11.8 Å². The number of nitrogens with zero attached hydrogens (tertiary/aromatic N) is 4. The Kier molecular flexibility index (Phi) is 6.40. The van der Waals surface area contributed by atoms with E-state index in [-0.39, 0.29) is 34.0 Å². The van der Waals surface area contributed by atoms with Gasteiger partial charge in [-0.2, -0.15) is 0 Å². The van der Waals surface area contributed by atoms with Gasteiger partial charge >= 0.3 is 0 Å². The Hall–Kier alpha value is -3.01. The average molecular weight is 490 g/mol. The highest BCUT2D eigenvalue weighted by Crippen LogP contribution is 2.31. The number of amides is 1. The van der Waals surface area contributed by atoms with Crippen LogP contribution in [0.4, 0.5) is 5.69 Å². The van der Waals surface area contributed by atoms with Gasteiger partial charge in [-0.1, -0.05) is 53.2 Å². The van der Waals surface area contributed by atoms with Gasteiger partial charge in [0.05, 0.1) is 27.7 Å². The third-order valence-electron chi connectivity index (χ3n) is 4.71. The fraction of sp³-hybridized carbons (Fsp3) is 0.143. The number of nitrogens with one attached hydrogen (secondary N) is 1. The normalized spacial score (nSPS) is 11.0. The van der Waals surface area contributed by atoms with E-state index in [0.29, 0.717) is 27.0 Å². The zero-order valence-corrected chi connectivity index (χ0v) is 19.3. The van der Waals surface area contributed by atoms with Crippen LogP contribution in [0, 0.1) is 6.92 Å². The fourth-order valence-electron chi connectivity index (χ4n) is 3.05. The molecule has 0 fully saturated rings. The van der Waals surface area contributed by atoms with Gasteiger partial charge in [0.25, 0.3) is 10.8 Å². The van der Waals surface area contributed by atoms with Crippen molar-refractivity contribution in [3.63, 3.8) is 0 Å². The van der Waals surface area contributed by atoms with Gasteiger partial charge in [0.1, 0.15) is 5.69 Å². The number of hydrogen-bond acceptors (Lipinski definition) is 6. The van der Waals surface area contributed by atoms with Gasteiger partial charge in [-0.3, -0.25) is 14.3 Å². The lowest BCUT2D eigenvalue weighted by atomic mass is 10.2. The lowest BCUT2D eigenvalue weighted by Gasteiger charge is -2.07. The Bertz CT molecular complexity index is 1350. The van der Waals surface area contributed by atoms with Crippen molar-refractivity contribution in [2.45, 2.75) is 12.1 Å². The van der Waals surface area contributed by atoms with Crippen LogP contribution in [0.3, 0.4) is 0 Å². The highest BCUT2D eigenvalue weighted by atomic mass is 35.5. The van der Waals surface area contributed by atoms with Crippen molar-refractivity contribution in [2.75, 3.05) is 11.1 Å². The fourth-order valence-corrected chi connectivity index (χ4v) is 4.11. The Morgan fingerprint density at radius 3 is 2.62 bits per heavy atom. The van der Waals surface area contributed by atoms with Crippen molar-refractivity contribution < 1.29 is 9.21 Å². The van der Waals surface area contributed by atoms with Crippen LogP contribution in [-0.2, 0) is 11.8 Å². The molecular formula is C21H17Cl2N5O3S. The second-order valence-electron chi connectivity index (χ2n) is 6.77. The first kappa shape index (κ1) is 22.2. The van der Waals surface area contributed by atoms with Crippen LogP contribution < -0.4 is 10.9 Å². The Balaban J connectivity index is 1.45. The summed E-state index contributed by atoms with van der Waals surface area (Å²) in [6.07, 6.45) is 0. The highest BCUT2D eigenvalue weighted by molar-refractivity contribution is 7.99. The molecule has 0 aliphatic heterocycles. The first-order valence-corrected chi connectivity index (χ1v) is 11.1. The maximum absolute atomic E-state index is 12.9. The summed E-state index contributed by atoms with van der Waals surface area (Å²) in [7, 11) is 1.76. The molecule has 11 heteroatoms. The van der Waals surface area contributed by atoms with Crippen LogP contribution in [0.25, 0.3) is 17.1 Å². The van der Waals surface area contributed by atoms with Crippen LogP contribution in [0.2, 0.25) is 10.0 Å². The number of para-hydroxylation sites is 1. The van der Waals surface area contributed by atoms with Crippen molar-refractivity contribution >= 4 is 46.6 Å². The summed E-state index contributed by atoms with van der Waals surface area (Å²) in [5.41, 5.74) is 1.79. The quantitative estimate of drug-likeness (QED) is 0.398. The number of rotatable bonds is 6. The van der Waals surface area contributed by atoms with E-state index < -0.39 is 0 Å². The zero-order valence-electron chi connectivity index (χ0n) is 17.0. The van der Waals surface area contributed by atoms with Crippen molar-refractivity contribution in [1.29, 1.82) is 0 Å². The molecule has 0 atom stereocenters. The smallest absolute Gasteiger partial charge is 0.295 e. The molecule has 2 aromatic heterocycles. The van der Waals surface area contributed by atoms with Gasteiger partial charge in [-0.05, 0) is 37.3 Å². The molecule has 1 amide bonds. The van der Waals surface area contributed by atoms with Gasteiger partial charge in [0, 0.05) is 12.1 Å². The number of carbonyl (C=O) groups is 1. The molecule has 0 aliphatic rings. The number of aromatic nitrogens is 4. The second-order valence-corrected chi connectivity index (χ2v) is 8.54. The van der Waals surface area contributed by atoms with Crippen LogP contribution in [0.5, 0.6) is 0 Å². The molecule has 2 heterocycles. The maximum Gasteiger partial charge on any atom is 0.295 e. The molecule has 1 N–H and O–H groups in total. The van der Waals surface area contributed by atoms with Crippen LogP contribution in [0.15, 0.2) is 63.0 Å².